The van der Waals surface area contributed by atoms with E-state index < -0.39 is 11.9 Å². The number of pyridine rings is 1. The summed E-state index contributed by atoms with van der Waals surface area (Å²) in [5.41, 5.74) is 1.17. The number of rotatable bonds is 3. The summed E-state index contributed by atoms with van der Waals surface area (Å²) in [5, 5.41) is 3.92. The molecule has 4 aromatic rings. The van der Waals surface area contributed by atoms with Gasteiger partial charge in [-0.25, -0.2) is 9.50 Å². The largest absolute Gasteiger partial charge is 0.497 e. The van der Waals surface area contributed by atoms with E-state index in [1.165, 1.54) is 13.3 Å². The standard InChI is InChI=1S/C19H13F3N4O/c1-27-14-4-2-13(3-5-14)16-10-17(19(20,21)22)26-18(25-16)15(11-24-26)12-6-8-23-9-7-12/h2-11H,1H3. The van der Waals surface area contributed by atoms with Crippen LogP contribution in [0.1, 0.15) is 5.69 Å². The Labute approximate surface area is 152 Å². The molecule has 5 nitrogen and oxygen atoms in total. The molecule has 0 radical (unpaired) electrons. The Morgan fingerprint density at radius 2 is 1.67 bits per heavy atom. The Kier molecular flexibility index (Phi) is 4.02. The van der Waals surface area contributed by atoms with Gasteiger partial charge in [-0.3, -0.25) is 4.98 Å². The molecule has 0 spiro atoms. The maximum Gasteiger partial charge on any atom is 0.433 e. The van der Waals surface area contributed by atoms with E-state index in [-0.39, 0.29) is 11.3 Å². The minimum absolute atomic E-state index is 0.127. The second kappa shape index (κ2) is 6.39. The highest BCUT2D eigenvalue weighted by Crippen LogP contribution is 2.34. The molecule has 4 rings (SSSR count). The van der Waals surface area contributed by atoms with Gasteiger partial charge in [0.25, 0.3) is 0 Å². The fourth-order valence-electron chi connectivity index (χ4n) is 2.81. The van der Waals surface area contributed by atoms with E-state index in [1.807, 2.05) is 0 Å². The molecule has 0 bridgehead atoms. The maximum absolute atomic E-state index is 13.6. The van der Waals surface area contributed by atoms with Crippen LogP contribution in [-0.2, 0) is 6.18 Å². The Hall–Kier alpha value is -3.42. The third kappa shape index (κ3) is 3.10. The van der Waals surface area contributed by atoms with Gasteiger partial charge in [0.05, 0.1) is 19.0 Å². The molecule has 0 N–H and O–H groups in total. The zero-order valence-corrected chi connectivity index (χ0v) is 14.1. The van der Waals surface area contributed by atoms with Crippen molar-refractivity contribution < 1.29 is 17.9 Å². The fraction of sp³-hybridized carbons (Fsp3) is 0.105. The number of aromatic nitrogens is 4. The van der Waals surface area contributed by atoms with Crippen molar-refractivity contribution in [3.8, 4) is 28.1 Å². The second-order valence-electron chi connectivity index (χ2n) is 5.78. The van der Waals surface area contributed by atoms with Gasteiger partial charge < -0.3 is 4.74 Å². The summed E-state index contributed by atoms with van der Waals surface area (Å²) in [6.45, 7) is 0. The summed E-state index contributed by atoms with van der Waals surface area (Å²) in [6, 6.07) is 11.1. The first kappa shape index (κ1) is 17.0. The summed E-state index contributed by atoms with van der Waals surface area (Å²) in [5.74, 6) is 0.609. The lowest BCUT2D eigenvalue weighted by Gasteiger charge is -2.12. The average molecular weight is 370 g/mol. The van der Waals surface area contributed by atoms with Gasteiger partial charge in [-0.15, -0.1) is 0 Å². The number of halogens is 3. The number of fused-ring (bicyclic) bond motifs is 1. The van der Waals surface area contributed by atoms with Gasteiger partial charge in [-0.2, -0.15) is 18.3 Å². The van der Waals surface area contributed by atoms with Crippen molar-refractivity contribution >= 4 is 5.65 Å². The SMILES string of the molecule is COc1ccc(-c2cc(C(F)(F)F)n3ncc(-c4ccncc4)c3n2)cc1. The molecule has 0 amide bonds. The molecule has 1 aromatic carbocycles. The van der Waals surface area contributed by atoms with E-state index in [2.05, 4.69) is 15.1 Å². The summed E-state index contributed by atoms with van der Waals surface area (Å²) in [4.78, 5) is 8.38. The molecule has 0 saturated heterocycles. The summed E-state index contributed by atoms with van der Waals surface area (Å²) in [7, 11) is 1.52. The third-order valence-corrected chi connectivity index (χ3v) is 4.14. The molecule has 0 saturated carbocycles. The van der Waals surface area contributed by atoms with E-state index in [1.54, 1.807) is 48.8 Å². The topological polar surface area (TPSA) is 52.3 Å². The minimum Gasteiger partial charge on any atom is -0.497 e. The van der Waals surface area contributed by atoms with Crippen LogP contribution in [0.2, 0.25) is 0 Å². The molecule has 3 heterocycles. The predicted octanol–water partition coefficient (Wildman–Crippen LogP) is 4.49. The molecule has 0 fully saturated rings. The number of hydrogen-bond donors (Lipinski definition) is 0. The van der Waals surface area contributed by atoms with Crippen LogP contribution in [0.4, 0.5) is 13.2 Å². The third-order valence-electron chi connectivity index (χ3n) is 4.14. The van der Waals surface area contributed by atoms with Crippen molar-refractivity contribution in [1.29, 1.82) is 0 Å². The first-order valence-electron chi connectivity index (χ1n) is 7.98. The number of ether oxygens (including phenoxy) is 1. The smallest absolute Gasteiger partial charge is 0.433 e. The van der Waals surface area contributed by atoms with Crippen LogP contribution in [0.25, 0.3) is 28.0 Å². The van der Waals surface area contributed by atoms with Crippen LogP contribution < -0.4 is 4.74 Å². The van der Waals surface area contributed by atoms with E-state index in [9.17, 15) is 13.2 Å². The zero-order valence-electron chi connectivity index (χ0n) is 14.1. The molecule has 27 heavy (non-hydrogen) atoms. The number of methoxy groups -OCH3 is 1. The van der Waals surface area contributed by atoms with Gasteiger partial charge in [-0.1, -0.05) is 0 Å². The Balaban J connectivity index is 1.97. The quantitative estimate of drug-likeness (QED) is 0.533. The van der Waals surface area contributed by atoms with Gasteiger partial charge in [-0.05, 0) is 48.0 Å². The average Bonchev–Trinajstić information content (AvgIpc) is 3.11. The molecule has 3 aromatic heterocycles. The van der Waals surface area contributed by atoms with Gasteiger partial charge in [0, 0.05) is 23.5 Å². The van der Waals surface area contributed by atoms with E-state index in [0.29, 0.717) is 22.4 Å². The first-order chi connectivity index (χ1) is 13.0. The highest BCUT2D eigenvalue weighted by molar-refractivity contribution is 5.78. The molecule has 8 heteroatoms. The molecular weight excluding hydrogens is 357 g/mol. The number of nitrogens with zero attached hydrogens (tertiary/aromatic N) is 4. The van der Waals surface area contributed by atoms with Crippen molar-refractivity contribution in [2.75, 3.05) is 7.11 Å². The molecule has 0 aliphatic carbocycles. The summed E-state index contributed by atoms with van der Waals surface area (Å²) in [6.07, 6.45) is -0.0672. The van der Waals surface area contributed by atoms with E-state index in [0.717, 1.165) is 10.6 Å². The Morgan fingerprint density at radius 3 is 2.30 bits per heavy atom. The van der Waals surface area contributed by atoms with Gasteiger partial charge in [0.15, 0.2) is 11.3 Å². The van der Waals surface area contributed by atoms with Crippen LogP contribution in [0, 0.1) is 0 Å². The van der Waals surface area contributed by atoms with Crippen LogP contribution in [0.3, 0.4) is 0 Å². The van der Waals surface area contributed by atoms with Gasteiger partial charge in [0.2, 0.25) is 0 Å². The molecule has 0 unspecified atom stereocenters. The highest BCUT2D eigenvalue weighted by Gasteiger charge is 2.35. The first-order valence-corrected chi connectivity index (χ1v) is 7.98. The van der Waals surface area contributed by atoms with Crippen molar-refractivity contribution in [1.82, 2.24) is 19.6 Å². The molecule has 0 atom stereocenters. The van der Waals surface area contributed by atoms with Crippen molar-refractivity contribution in [2.45, 2.75) is 6.18 Å². The second-order valence-corrected chi connectivity index (χ2v) is 5.78. The number of alkyl halides is 3. The summed E-state index contributed by atoms with van der Waals surface area (Å²) >= 11 is 0. The summed E-state index contributed by atoms with van der Waals surface area (Å²) < 4.78 is 46.8. The lowest BCUT2D eigenvalue weighted by Crippen LogP contribution is -2.13. The lowest BCUT2D eigenvalue weighted by molar-refractivity contribution is -0.142. The van der Waals surface area contributed by atoms with Crippen LogP contribution in [0.15, 0.2) is 61.1 Å². The van der Waals surface area contributed by atoms with Gasteiger partial charge >= 0.3 is 6.18 Å². The molecule has 0 aliphatic heterocycles. The van der Waals surface area contributed by atoms with Crippen molar-refractivity contribution in [3.63, 3.8) is 0 Å². The lowest BCUT2D eigenvalue weighted by atomic mass is 10.1. The van der Waals surface area contributed by atoms with E-state index in [4.69, 9.17) is 4.74 Å². The number of hydrogen-bond acceptors (Lipinski definition) is 4. The monoisotopic (exact) mass is 370 g/mol. The Morgan fingerprint density at radius 1 is 0.963 bits per heavy atom. The normalized spacial score (nSPS) is 11.7. The molecular formula is C19H13F3N4O. The van der Waals surface area contributed by atoms with Crippen LogP contribution in [-0.4, -0.2) is 26.7 Å². The molecule has 136 valence electrons. The molecule has 0 aliphatic rings. The van der Waals surface area contributed by atoms with E-state index >= 15 is 0 Å². The number of benzene rings is 1. The maximum atomic E-state index is 13.6. The predicted molar refractivity (Wildman–Crippen MR) is 93.2 cm³/mol. The van der Waals surface area contributed by atoms with Crippen LogP contribution in [0.5, 0.6) is 5.75 Å². The fourth-order valence-corrected chi connectivity index (χ4v) is 2.81. The Bertz CT molecular complexity index is 1090. The van der Waals surface area contributed by atoms with Crippen LogP contribution >= 0.6 is 0 Å². The highest BCUT2D eigenvalue weighted by atomic mass is 19.4. The zero-order chi connectivity index (χ0) is 19.0. The minimum atomic E-state index is -4.58. The van der Waals surface area contributed by atoms with Gasteiger partial charge in [0.1, 0.15) is 5.75 Å². The van der Waals surface area contributed by atoms with Crippen molar-refractivity contribution in [3.05, 3.63) is 66.7 Å². The van der Waals surface area contributed by atoms with Crippen molar-refractivity contribution in [2.24, 2.45) is 0 Å².